The van der Waals surface area contributed by atoms with Crippen molar-refractivity contribution in [3.63, 3.8) is 0 Å². The van der Waals surface area contributed by atoms with Crippen LogP contribution in [0.15, 0.2) is 42.1 Å². The molecule has 1 aromatic heterocycles. The highest BCUT2D eigenvalue weighted by atomic mass is 32.1. The zero-order valence-corrected chi connectivity index (χ0v) is 21.1. The van der Waals surface area contributed by atoms with E-state index in [1.54, 1.807) is 23.3 Å². The van der Waals surface area contributed by atoms with Gasteiger partial charge in [-0.3, -0.25) is 9.59 Å². The van der Waals surface area contributed by atoms with Gasteiger partial charge in [-0.25, -0.2) is 0 Å². The number of piperazine rings is 1. The van der Waals surface area contributed by atoms with E-state index in [2.05, 4.69) is 29.7 Å². The second kappa shape index (κ2) is 10.7. The van der Waals surface area contributed by atoms with Crippen LogP contribution in [0.5, 0.6) is 0 Å². The van der Waals surface area contributed by atoms with Crippen LogP contribution in [0.4, 0.5) is 5.69 Å². The first kappa shape index (κ1) is 24.5. The van der Waals surface area contributed by atoms with Crippen molar-refractivity contribution < 1.29 is 14.7 Å². The Hall–Kier alpha value is -2.64. The van der Waals surface area contributed by atoms with E-state index in [1.165, 1.54) is 43.4 Å². The first-order chi connectivity index (χ1) is 16.4. The van der Waals surface area contributed by atoms with E-state index >= 15 is 0 Å². The summed E-state index contributed by atoms with van der Waals surface area (Å²) in [5, 5.41) is 16.5. The standard InChI is InChI=1S/C27H35N3O3S/c1-4-5-6-7-8-9-12-18-15-16-21(34-18)17(2)23-25(31)29-24(26(32)28-23)22-19-13-10-11-14-20(19)30(3)27(22)33/h10-11,13-17,23,27,33H,4-9,12H2,1-3H3,(H,28,32)(H,29,31)/b24-22-. The van der Waals surface area contributed by atoms with Gasteiger partial charge in [-0.15, -0.1) is 11.3 Å². The number of benzene rings is 1. The number of likely N-dealkylation sites (N-methyl/N-ethyl adjacent to an activating group) is 1. The van der Waals surface area contributed by atoms with Crippen molar-refractivity contribution in [1.29, 1.82) is 0 Å². The monoisotopic (exact) mass is 481 g/mol. The maximum absolute atomic E-state index is 13.1. The number of carbonyl (C=O) groups excluding carboxylic acids is 2. The minimum atomic E-state index is -0.991. The molecule has 2 aliphatic rings. The number of aliphatic hydroxyl groups excluding tert-OH is 1. The predicted molar refractivity (Wildman–Crippen MR) is 138 cm³/mol. The van der Waals surface area contributed by atoms with Crippen LogP contribution < -0.4 is 15.5 Å². The van der Waals surface area contributed by atoms with Crippen LogP contribution >= 0.6 is 11.3 Å². The fourth-order valence-electron chi connectivity index (χ4n) is 4.83. The van der Waals surface area contributed by atoms with Gasteiger partial charge in [0.25, 0.3) is 5.91 Å². The lowest BCUT2D eigenvalue weighted by Gasteiger charge is -2.30. The molecule has 1 aromatic carbocycles. The van der Waals surface area contributed by atoms with E-state index in [0.717, 1.165) is 22.5 Å². The first-order valence-electron chi connectivity index (χ1n) is 12.4. The predicted octanol–water partition coefficient (Wildman–Crippen LogP) is 4.55. The third-order valence-corrected chi connectivity index (χ3v) is 8.27. The number of carbonyl (C=O) groups is 2. The highest BCUT2D eigenvalue weighted by Crippen LogP contribution is 2.40. The molecule has 4 rings (SSSR count). The molecule has 6 nitrogen and oxygen atoms in total. The molecule has 0 radical (unpaired) electrons. The molecule has 3 heterocycles. The number of aliphatic hydroxyl groups is 1. The van der Waals surface area contributed by atoms with Crippen molar-refractivity contribution in [2.75, 3.05) is 11.9 Å². The molecule has 3 N–H and O–H groups in total. The summed E-state index contributed by atoms with van der Waals surface area (Å²) in [5.74, 6) is -0.749. The van der Waals surface area contributed by atoms with Gasteiger partial charge >= 0.3 is 0 Å². The average molecular weight is 482 g/mol. The summed E-state index contributed by atoms with van der Waals surface area (Å²) in [6.07, 6.45) is 7.71. The summed E-state index contributed by atoms with van der Waals surface area (Å²) in [6, 6.07) is 11.1. The summed E-state index contributed by atoms with van der Waals surface area (Å²) < 4.78 is 0. The summed E-state index contributed by atoms with van der Waals surface area (Å²) >= 11 is 1.73. The van der Waals surface area contributed by atoms with Gasteiger partial charge in [0.05, 0.1) is 0 Å². The molecule has 3 unspecified atom stereocenters. The maximum Gasteiger partial charge on any atom is 0.268 e. The van der Waals surface area contributed by atoms with E-state index in [9.17, 15) is 14.7 Å². The molecule has 7 heteroatoms. The van der Waals surface area contributed by atoms with Crippen molar-refractivity contribution in [2.24, 2.45) is 0 Å². The summed E-state index contributed by atoms with van der Waals surface area (Å²) in [7, 11) is 1.77. The first-order valence-corrected chi connectivity index (χ1v) is 13.2. The third kappa shape index (κ3) is 4.91. The van der Waals surface area contributed by atoms with Crippen molar-refractivity contribution in [2.45, 2.75) is 77.0 Å². The number of nitrogens with one attached hydrogen (secondary N) is 2. The lowest BCUT2D eigenvalue weighted by Crippen LogP contribution is -2.57. The molecule has 3 atom stereocenters. The molecule has 2 aliphatic heterocycles. The average Bonchev–Trinajstić information content (AvgIpc) is 3.40. The molecular formula is C27H35N3O3S. The van der Waals surface area contributed by atoms with Crippen molar-refractivity contribution in [1.82, 2.24) is 10.6 Å². The van der Waals surface area contributed by atoms with Gasteiger partial charge in [0.15, 0.2) is 6.23 Å². The smallest absolute Gasteiger partial charge is 0.268 e. The van der Waals surface area contributed by atoms with Crippen LogP contribution in [0.1, 0.15) is 73.6 Å². The molecule has 1 fully saturated rings. The van der Waals surface area contributed by atoms with E-state index in [1.807, 2.05) is 31.2 Å². The third-order valence-electron chi connectivity index (χ3n) is 6.92. The van der Waals surface area contributed by atoms with Gasteiger partial charge in [-0.1, -0.05) is 64.2 Å². The summed E-state index contributed by atoms with van der Waals surface area (Å²) in [5.41, 5.74) is 2.15. The maximum atomic E-state index is 13.1. The highest BCUT2D eigenvalue weighted by Gasteiger charge is 2.40. The zero-order chi connectivity index (χ0) is 24.2. The zero-order valence-electron chi connectivity index (χ0n) is 20.3. The molecule has 0 saturated carbocycles. The largest absolute Gasteiger partial charge is 0.369 e. The van der Waals surface area contributed by atoms with Crippen LogP contribution in [-0.4, -0.2) is 36.2 Å². The Balaban J connectivity index is 1.43. The lowest BCUT2D eigenvalue weighted by molar-refractivity contribution is -0.131. The van der Waals surface area contributed by atoms with Crippen LogP contribution in [0.2, 0.25) is 0 Å². The van der Waals surface area contributed by atoms with Crippen LogP contribution in [0.3, 0.4) is 0 Å². The number of hydrogen-bond donors (Lipinski definition) is 3. The molecule has 0 aliphatic carbocycles. The van der Waals surface area contributed by atoms with Gasteiger partial charge < -0.3 is 20.6 Å². The van der Waals surface area contributed by atoms with E-state index < -0.39 is 12.3 Å². The van der Waals surface area contributed by atoms with E-state index in [0.29, 0.717) is 5.57 Å². The molecule has 2 aromatic rings. The molecule has 182 valence electrons. The number of amides is 2. The van der Waals surface area contributed by atoms with E-state index in [-0.39, 0.29) is 23.4 Å². The molecule has 34 heavy (non-hydrogen) atoms. The fraction of sp³-hybridized carbons (Fsp3) is 0.481. The SMILES string of the molecule is CCCCCCCCc1ccc(C(C)C2NC(=O)/C(=C3\c4ccccc4N(C)C3O)NC2=O)s1. The minimum absolute atomic E-state index is 0.132. The van der Waals surface area contributed by atoms with Crippen LogP contribution in [0, 0.1) is 0 Å². The van der Waals surface area contributed by atoms with Crippen molar-refractivity contribution in [3.8, 4) is 0 Å². The second-order valence-corrected chi connectivity index (χ2v) is 10.5. The number of anilines is 1. The number of para-hydroxylation sites is 1. The number of nitrogens with zero attached hydrogens (tertiary/aromatic N) is 1. The minimum Gasteiger partial charge on any atom is -0.369 e. The number of hydrogen-bond acceptors (Lipinski definition) is 5. The number of unbranched alkanes of at least 4 members (excludes halogenated alkanes) is 5. The topological polar surface area (TPSA) is 81.7 Å². The Bertz CT molecular complexity index is 1080. The van der Waals surface area contributed by atoms with Gasteiger partial charge in [-0.05, 0) is 31.0 Å². The number of aryl methyl sites for hydroxylation is 1. The number of thiophene rings is 1. The van der Waals surface area contributed by atoms with Crippen LogP contribution in [0.25, 0.3) is 5.57 Å². The Morgan fingerprint density at radius 1 is 1.06 bits per heavy atom. The van der Waals surface area contributed by atoms with Crippen LogP contribution in [-0.2, 0) is 16.0 Å². The van der Waals surface area contributed by atoms with Crippen molar-refractivity contribution >= 4 is 34.4 Å². The molecular weight excluding hydrogens is 446 g/mol. The fourth-order valence-corrected chi connectivity index (χ4v) is 5.98. The lowest BCUT2D eigenvalue weighted by atomic mass is 9.95. The Morgan fingerprint density at radius 2 is 1.79 bits per heavy atom. The second-order valence-electron chi connectivity index (χ2n) is 9.34. The van der Waals surface area contributed by atoms with Gasteiger partial charge in [0.2, 0.25) is 5.91 Å². The van der Waals surface area contributed by atoms with Crippen molar-refractivity contribution in [3.05, 3.63) is 57.4 Å². The summed E-state index contributed by atoms with van der Waals surface area (Å²) in [6.45, 7) is 4.22. The Morgan fingerprint density at radius 3 is 2.59 bits per heavy atom. The quantitative estimate of drug-likeness (QED) is 0.363. The molecule has 0 spiro atoms. The van der Waals surface area contributed by atoms with Gasteiger partial charge in [0.1, 0.15) is 11.7 Å². The normalized spacial score (nSPS) is 23.0. The Labute approximate surface area is 206 Å². The highest BCUT2D eigenvalue weighted by molar-refractivity contribution is 7.12. The van der Waals surface area contributed by atoms with E-state index in [4.69, 9.17) is 0 Å². The number of rotatable bonds is 9. The van der Waals surface area contributed by atoms with Gasteiger partial charge in [-0.2, -0.15) is 0 Å². The number of fused-ring (bicyclic) bond motifs is 1. The molecule has 0 bridgehead atoms. The Kier molecular flexibility index (Phi) is 7.73. The molecule has 2 amide bonds. The summed E-state index contributed by atoms with van der Waals surface area (Å²) in [4.78, 5) is 30.3. The molecule has 1 saturated heterocycles. The van der Waals surface area contributed by atoms with Gasteiger partial charge in [0, 0.05) is 39.5 Å².